The lowest BCUT2D eigenvalue weighted by molar-refractivity contribution is 0.0751. The van der Waals surface area contributed by atoms with Crippen molar-refractivity contribution in [3.05, 3.63) is 51.5 Å². The molecule has 0 atom stereocenters. The molecule has 1 aliphatic rings. The number of fused-ring (bicyclic) bond motifs is 1. The Hall–Kier alpha value is -2.19. The number of nitrogens with zero attached hydrogens (tertiary/aromatic N) is 3. The van der Waals surface area contributed by atoms with E-state index in [4.69, 9.17) is 5.26 Å². The molecule has 0 spiro atoms. The number of carbonyl (C=O) groups is 1. The molecule has 0 N–H and O–H groups in total. The second-order valence-corrected chi connectivity index (χ2v) is 6.90. The second kappa shape index (κ2) is 7.38. The van der Waals surface area contributed by atoms with E-state index in [-0.39, 0.29) is 5.91 Å². The highest BCUT2D eigenvalue weighted by Gasteiger charge is 2.21. The van der Waals surface area contributed by atoms with Crippen LogP contribution in [-0.2, 0) is 19.4 Å². The Morgan fingerprint density at radius 3 is 3.00 bits per heavy atom. The fourth-order valence-electron chi connectivity index (χ4n) is 2.90. The van der Waals surface area contributed by atoms with Gasteiger partial charge in [-0.1, -0.05) is 6.07 Å². The summed E-state index contributed by atoms with van der Waals surface area (Å²) in [5.74, 6) is 0.0310. The Morgan fingerprint density at radius 1 is 1.39 bits per heavy atom. The number of rotatable bonds is 5. The number of aromatic nitrogens is 1. The van der Waals surface area contributed by atoms with Gasteiger partial charge in [-0.15, -0.1) is 11.3 Å². The lowest BCUT2D eigenvalue weighted by Crippen LogP contribution is -2.31. The summed E-state index contributed by atoms with van der Waals surface area (Å²) in [6.07, 6.45) is 8.44. The minimum atomic E-state index is 0.0310. The van der Waals surface area contributed by atoms with Crippen molar-refractivity contribution < 1.29 is 4.79 Å². The summed E-state index contributed by atoms with van der Waals surface area (Å²) in [5, 5.41) is 8.87. The predicted octanol–water partition coefficient (Wildman–Crippen LogP) is 3.58. The molecule has 0 bridgehead atoms. The van der Waals surface area contributed by atoms with Crippen molar-refractivity contribution in [3.8, 4) is 6.07 Å². The van der Waals surface area contributed by atoms with Crippen LogP contribution in [0.1, 0.15) is 44.9 Å². The SMILES string of the molecule is N#CCCN(Cc1cccnc1)C(=O)c1cc2c(s1)CCCC2. The summed E-state index contributed by atoms with van der Waals surface area (Å²) >= 11 is 1.63. The van der Waals surface area contributed by atoms with Gasteiger partial charge in [0.1, 0.15) is 0 Å². The standard InChI is InChI=1S/C18H19N3OS/c19-8-4-10-21(13-14-5-3-9-20-12-14)18(22)17-11-15-6-1-2-7-16(15)23-17/h3,5,9,11-12H,1-2,4,6-7,10,13H2. The summed E-state index contributed by atoms with van der Waals surface area (Å²) in [4.78, 5) is 20.9. The summed E-state index contributed by atoms with van der Waals surface area (Å²) in [6.45, 7) is 0.948. The van der Waals surface area contributed by atoms with Gasteiger partial charge in [0.2, 0.25) is 0 Å². The summed E-state index contributed by atoms with van der Waals surface area (Å²) in [7, 11) is 0. The monoisotopic (exact) mass is 325 g/mol. The van der Waals surface area contributed by atoms with Crippen molar-refractivity contribution in [1.29, 1.82) is 5.26 Å². The first-order valence-corrected chi connectivity index (χ1v) is 8.76. The van der Waals surface area contributed by atoms with E-state index < -0.39 is 0 Å². The third-order valence-electron chi connectivity index (χ3n) is 4.08. The average Bonchev–Trinajstić information content (AvgIpc) is 3.03. The van der Waals surface area contributed by atoms with Crippen LogP contribution >= 0.6 is 11.3 Å². The van der Waals surface area contributed by atoms with E-state index in [0.29, 0.717) is 19.5 Å². The number of aryl methyl sites for hydroxylation is 2. The smallest absolute Gasteiger partial charge is 0.264 e. The van der Waals surface area contributed by atoms with Crippen molar-refractivity contribution in [3.63, 3.8) is 0 Å². The molecule has 0 saturated carbocycles. The van der Waals surface area contributed by atoms with Crippen molar-refractivity contribution in [2.24, 2.45) is 0 Å². The minimum Gasteiger partial charge on any atom is -0.333 e. The molecule has 3 rings (SSSR count). The lowest BCUT2D eigenvalue weighted by Gasteiger charge is -2.20. The van der Waals surface area contributed by atoms with Crippen LogP contribution in [0, 0.1) is 11.3 Å². The van der Waals surface area contributed by atoms with Crippen LogP contribution in [0.4, 0.5) is 0 Å². The Labute approximate surface area is 140 Å². The second-order valence-electron chi connectivity index (χ2n) is 5.76. The fourth-order valence-corrected chi connectivity index (χ4v) is 4.12. The summed E-state index contributed by atoms with van der Waals surface area (Å²) < 4.78 is 0. The number of amides is 1. The van der Waals surface area contributed by atoms with Crippen LogP contribution in [0.3, 0.4) is 0 Å². The zero-order chi connectivity index (χ0) is 16.1. The highest BCUT2D eigenvalue weighted by Crippen LogP contribution is 2.30. The zero-order valence-corrected chi connectivity index (χ0v) is 13.8. The number of carbonyl (C=O) groups excluding carboxylic acids is 1. The minimum absolute atomic E-state index is 0.0310. The largest absolute Gasteiger partial charge is 0.333 e. The maximum absolute atomic E-state index is 12.9. The van der Waals surface area contributed by atoms with E-state index in [0.717, 1.165) is 23.3 Å². The molecule has 2 aromatic rings. The van der Waals surface area contributed by atoms with Gasteiger partial charge in [-0.2, -0.15) is 5.26 Å². The first-order valence-electron chi connectivity index (χ1n) is 7.94. The van der Waals surface area contributed by atoms with Gasteiger partial charge < -0.3 is 4.90 Å². The van der Waals surface area contributed by atoms with Gasteiger partial charge in [0.05, 0.1) is 17.4 Å². The fraction of sp³-hybridized carbons (Fsp3) is 0.389. The van der Waals surface area contributed by atoms with Crippen molar-refractivity contribution in [2.75, 3.05) is 6.54 Å². The highest BCUT2D eigenvalue weighted by atomic mass is 32.1. The van der Waals surface area contributed by atoms with Crippen LogP contribution in [0.25, 0.3) is 0 Å². The van der Waals surface area contributed by atoms with E-state index in [1.807, 2.05) is 12.1 Å². The number of hydrogen-bond donors (Lipinski definition) is 0. The number of hydrogen-bond acceptors (Lipinski definition) is 4. The molecule has 2 aromatic heterocycles. The van der Waals surface area contributed by atoms with E-state index in [1.54, 1.807) is 28.6 Å². The molecule has 5 heteroatoms. The molecule has 0 saturated heterocycles. The van der Waals surface area contributed by atoms with E-state index in [2.05, 4.69) is 17.1 Å². The molecule has 0 fully saturated rings. The van der Waals surface area contributed by atoms with Gasteiger partial charge in [0.15, 0.2) is 0 Å². The third-order valence-corrected chi connectivity index (χ3v) is 5.31. The zero-order valence-electron chi connectivity index (χ0n) is 13.0. The highest BCUT2D eigenvalue weighted by molar-refractivity contribution is 7.14. The van der Waals surface area contributed by atoms with E-state index in [9.17, 15) is 4.79 Å². The van der Waals surface area contributed by atoms with Gasteiger partial charge in [0, 0.05) is 30.4 Å². The Bertz CT molecular complexity index is 694. The van der Waals surface area contributed by atoms with Gasteiger partial charge in [0.25, 0.3) is 5.91 Å². The lowest BCUT2D eigenvalue weighted by atomic mass is 9.99. The third kappa shape index (κ3) is 3.77. The van der Waals surface area contributed by atoms with Crippen molar-refractivity contribution in [2.45, 2.75) is 38.6 Å². The Kier molecular flexibility index (Phi) is 5.04. The van der Waals surface area contributed by atoms with Crippen LogP contribution in [0.15, 0.2) is 30.6 Å². The molecule has 118 valence electrons. The van der Waals surface area contributed by atoms with Gasteiger partial charge >= 0.3 is 0 Å². The first kappa shape index (κ1) is 15.7. The van der Waals surface area contributed by atoms with Crippen LogP contribution < -0.4 is 0 Å². The van der Waals surface area contributed by atoms with E-state index in [1.165, 1.54) is 23.3 Å². The van der Waals surface area contributed by atoms with Crippen LogP contribution in [0.5, 0.6) is 0 Å². The first-order chi connectivity index (χ1) is 11.3. The molecule has 4 nitrogen and oxygen atoms in total. The maximum Gasteiger partial charge on any atom is 0.264 e. The molecule has 1 amide bonds. The number of nitriles is 1. The molecule has 0 unspecified atom stereocenters. The quantitative estimate of drug-likeness (QED) is 0.844. The van der Waals surface area contributed by atoms with Crippen molar-refractivity contribution in [1.82, 2.24) is 9.88 Å². The van der Waals surface area contributed by atoms with Gasteiger partial charge in [-0.3, -0.25) is 9.78 Å². The molecule has 2 heterocycles. The molecule has 1 aliphatic carbocycles. The number of thiophene rings is 1. The van der Waals surface area contributed by atoms with Crippen molar-refractivity contribution >= 4 is 17.2 Å². The maximum atomic E-state index is 12.9. The Balaban J connectivity index is 1.79. The number of pyridine rings is 1. The van der Waals surface area contributed by atoms with E-state index >= 15 is 0 Å². The average molecular weight is 325 g/mol. The molecule has 0 radical (unpaired) electrons. The topological polar surface area (TPSA) is 57.0 Å². The molecule has 0 aliphatic heterocycles. The molecule has 23 heavy (non-hydrogen) atoms. The summed E-state index contributed by atoms with van der Waals surface area (Å²) in [6, 6.07) is 8.02. The van der Waals surface area contributed by atoms with Crippen LogP contribution in [0.2, 0.25) is 0 Å². The predicted molar refractivity (Wildman–Crippen MR) is 90.2 cm³/mol. The molecular weight excluding hydrogens is 306 g/mol. The molecule has 0 aromatic carbocycles. The van der Waals surface area contributed by atoms with Gasteiger partial charge in [-0.05, 0) is 48.9 Å². The molecular formula is C18H19N3OS. The Morgan fingerprint density at radius 2 is 2.26 bits per heavy atom. The van der Waals surface area contributed by atoms with Gasteiger partial charge in [-0.25, -0.2) is 0 Å². The van der Waals surface area contributed by atoms with Crippen LogP contribution in [-0.4, -0.2) is 22.3 Å². The summed E-state index contributed by atoms with van der Waals surface area (Å²) in [5.41, 5.74) is 2.33. The normalized spacial score (nSPS) is 13.2.